The number of hydrogen-bond donors (Lipinski definition) is 0. The second-order valence-electron chi connectivity index (χ2n) is 11.3. The van der Waals surface area contributed by atoms with Crippen LogP contribution in [0.2, 0.25) is 5.02 Å². The van der Waals surface area contributed by atoms with Crippen molar-refractivity contribution in [2.45, 2.75) is 6.92 Å². The summed E-state index contributed by atoms with van der Waals surface area (Å²) in [6.07, 6.45) is 0. The maximum Gasteiger partial charge on any atom is 0.131 e. The van der Waals surface area contributed by atoms with Crippen molar-refractivity contribution in [1.29, 1.82) is 0 Å². The summed E-state index contributed by atoms with van der Waals surface area (Å²) in [6, 6.07) is 38.2. The van der Waals surface area contributed by atoms with Crippen LogP contribution in [0, 0.1) is 18.6 Å². The second-order valence-corrected chi connectivity index (χ2v) is 12.2. The molecule has 8 aromatic rings. The maximum absolute atomic E-state index is 15.7. The van der Waals surface area contributed by atoms with Gasteiger partial charge >= 0.3 is 0 Å². The van der Waals surface area contributed by atoms with Crippen molar-refractivity contribution < 1.29 is 8.78 Å². The number of fused-ring (bicyclic) bond motifs is 3. The van der Waals surface area contributed by atoms with Crippen molar-refractivity contribution in [2.24, 2.45) is 0 Å². The van der Waals surface area contributed by atoms with Crippen molar-refractivity contribution in [2.75, 3.05) is 0 Å². The molecule has 0 aliphatic heterocycles. The topological polar surface area (TPSA) is 25.8 Å². The van der Waals surface area contributed by atoms with Gasteiger partial charge in [0.25, 0.3) is 0 Å². The molecule has 8 rings (SSSR count). The molecule has 6 heteroatoms. The molecule has 2 nitrogen and oxygen atoms in total. The zero-order valence-electron chi connectivity index (χ0n) is 24.0. The van der Waals surface area contributed by atoms with E-state index in [1.165, 1.54) is 11.6 Å². The molecule has 216 valence electrons. The average molecular weight is 625 g/mol. The van der Waals surface area contributed by atoms with Gasteiger partial charge in [-0.1, -0.05) is 102 Å². The lowest BCUT2D eigenvalue weighted by molar-refractivity contribution is 0.631. The molecule has 0 fully saturated rings. The summed E-state index contributed by atoms with van der Waals surface area (Å²) < 4.78 is 40.4. The Morgan fingerprint density at radius 3 is 1.44 bits per heavy atom. The third kappa shape index (κ3) is 4.95. The highest BCUT2D eigenvalue weighted by atomic mass is 35.5. The van der Waals surface area contributed by atoms with E-state index in [4.69, 9.17) is 11.6 Å². The van der Waals surface area contributed by atoms with Crippen molar-refractivity contribution in [1.82, 2.24) is 8.75 Å². The monoisotopic (exact) mass is 624 g/mol. The minimum atomic E-state index is -0.369. The average Bonchev–Trinajstić information content (AvgIpc) is 3.55. The Labute approximate surface area is 267 Å². The van der Waals surface area contributed by atoms with Gasteiger partial charge in [-0.05, 0) is 87.1 Å². The van der Waals surface area contributed by atoms with E-state index in [0.717, 1.165) is 55.5 Å². The van der Waals surface area contributed by atoms with Gasteiger partial charge in [0.15, 0.2) is 0 Å². The molecule has 7 aromatic carbocycles. The van der Waals surface area contributed by atoms with Crippen molar-refractivity contribution in [3.63, 3.8) is 0 Å². The molecular formula is C39H23ClF2N2S. The zero-order chi connectivity index (χ0) is 30.7. The molecule has 45 heavy (non-hydrogen) atoms. The first-order valence-electron chi connectivity index (χ1n) is 14.5. The number of aromatic nitrogens is 2. The lowest BCUT2D eigenvalue weighted by Gasteiger charge is -2.11. The number of aryl methyl sites for hydroxylation is 1. The van der Waals surface area contributed by atoms with Crippen LogP contribution in [0.15, 0.2) is 121 Å². The van der Waals surface area contributed by atoms with Gasteiger partial charge in [0.05, 0.1) is 11.7 Å². The summed E-state index contributed by atoms with van der Waals surface area (Å²) in [6.45, 7) is 2.07. The standard InChI is InChI=1S/C39H23ClF2N2S/c1-22-2-3-24-17-25(5-4-23(24)16-22)29-9-12-32(36(41)20-29)34-14-15-35(39-38(34)43-45-44-39)33-13-10-30(21-37(33)42)26-6-7-28-19-31(40)11-8-27(28)18-26/h2-21H,1H3. The number of halogens is 3. The second kappa shape index (κ2) is 10.9. The third-order valence-electron chi connectivity index (χ3n) is 8.40. The molecule has 0 spiro atoms. The summed E-state index contributed by atoms with van der Waals surface area (Å²) in [5, 5.41) is 4.99. The first kappa shape index (κ1) is 27.6. The van der Waals surface area contributed by atoms with Crippen LogP contribution >= 0.6 is 23.3 Å². The van der Waals surface area contributed by atoms with E-state index in [1.54, 1.807) is 30.3 Å². The minimum absolute atomic E-state index is 0.355. The molecule has 0 atom stereocenters. The fourth-order valence-electron chi connectivity index (χ4n) is 6.07. The smallest absolute Gasteiger partial charge is 0.131 e. The predicted octanol–water partition coefficient (Wildman–Crippen LogP) is 11.9. The molecule has 1 aromatic heterocycles. The van der Waals surface area contributed by atoms with E-state index in [2.05, 4.69) is 46.0 Å². The molecule has 1 heterocycles. The van der Waals surface area contributed by atoms with Crippen LogP contribution in [-0.4, -0.2) is 8.75 Å². The Kier molecular flexibility index (Phi) is 6.67. The van der Waals surface area contributed by atoms with Gasteiger partial charge in [-0.25, -0.2) is 8.78 Å². The van der Waals surface area contributed by atoms with Crippen LogP contribution in [0.25, 0.3) is 77.1 Å². The highest BCUT2D eigenvalue weighted by Crippen LogP contribution is 2.39. The highest BCUT2D eigenvalue weighted by molar-refractivity contribution is 7.00. The van der Waals surface area contributed by atoms with Crippen LogP contribution < -0.4 is 0 Å². The fraction of sp³-hybridized carbons (Fsp3) is 0.0256. The zero-order valence-corrected chi connectivity index (χ0v) is 25.6. The van der Waals surface area contributed by atoms with Crippen molar-refractivity contribution in [3.05, 3.63) is 144 Å². The van der Waals surface area contributed by atoms with Crippen LogP contribution in [-0.2, 0) is 0 Å². The van der Waals surface area contributed by atoms with Gasteiger partial charge in [0.2, 0.25) is 0 Å². The van der Waals surface area contributed by atoms with Crippen LogP contribution in [0.1, 0.15) is 5.56 Å². The predicted molar refractivity (Wildman–Crippen MR) is 184 cm³/mol. The number of rotatable bonds is 4. The summed E-state index contributed by atoms with van der Waals surface area (Å²) in [5.41, 5.74) is 7.76. The van der Waals surface area contributed by atoms with E-state index in [-0.39, 0.29) is 11.6 Å². The summed E-state index contributed by atoms with van der Waals surface area (Å²) in [7, 11) is 0. The SMILES string of the molecule is Cc1ccc2cc(-c3ccc(-c4ccc(-c5ccc(-c6ccc7cc(Cl)ccc7c6)cc5F)c5nsnc45)c(F)c3)ccc2c1. The molecule has 0 N–H and O–H groups in total. The van der Waals surface area contributed by atoms with Gasteiger partial charge in [-0.3, -0.25) is 0 Å². The van der Waals surface area contributed by atoms with E-state index >= 15 is 8.78 Å². The maximum atomic E-state index is 15.7. The van der Waals surface area contributed by atoms with E-state index in [1.807, 2.05) is 54.6 Å². The summed E-state index contributed by atoms with van der Waals surface area (Å²) in [5.74, 6) is -0.724. The molecule has 0 aliphatic rings. The number of benzene rings is 7. The minimum Gasteiger partial charge on any atom is -0.206 e. The first-order valence-corrected chi connectivity index (χ1v) is 15.6. The fourth-order valence-corrected chi connectivity index (χ4v) is 6.82. The van der Waals surface area contributed by atoms with Gasteiger partial charge < -0.3 is 0 Å². The summed E-state index contributed by atoms with van der Waals surface area (Å²) >= 11 is 7.16. The van der Waals surface area contributed by atoms with E-state index < -0.39 is 0 Å². The first-order chi connectivity index (χ1) is 21.9. The van der Waals surface area contributed by atoms with Crippen LogP contribution in [0.4, 0.5) is 8.78 Å². The van der Waals surface area contributed by atoms with Crippen LogP contribution in [0.3, 0.4) is 0 Å². The lowest BCUT2D eigenvalue weighted by atomic mass is 9.94. The Hall–Kier alpha value is -4.97. The van der Waals surface area contributed by atoms with Crippen LogP contribution in [0.5, 0.6) is 0 Å². The Balaban J connectivity index is 1.14. The lowest BCUT2D eigenvalue weighted by Crippen LogP contribution is -1.92. The number of hydrogen-bond acceptors (Lipinski definition) is 3. The molecule has 0 radical (unpaired) electrons. The molecule has 0 unspecified atom stereocenters. The van der Waals surface area contributed by atoms with Crippen molar-refractivity contribution >= 4 is 55.9 Å². The molecule has 0 amide bonds. The van der Waals surface area contributed by atoms with E-state index in [0.29, 0.717) is 38.3 Å². The Morgan fingerprint density at radius 2 is 0.889 bits per heavy atom. The van der Waals surface area contributed by atoms with Gasteiger partial charge in [0.1, 0.15) is 22.7 Å². The molecule has 0 bridgehead atoms. The molecule has 0 saturated carbocycles. The Morgan fingerprint density at radius 1 is 0.467 bits per heavy atom. The summed E-state index contributed by atoms with van der Waals surface area (Å²) in [4.78, 5) is 0. The van der Waals surface area contributed by atoms with Gasteiger partial charge in [-0.15, -0.1) is 0 Å². The quantitative estimate of drug-likeness (QED) is 0.195. The molecule has 0 aliphatic carbocycles. The largest absolute Gasteiger partial charge is 0.206 e. The van der Waals surface area contributed by atoms with Gasteiger partial charge in [0, 0.05) is 27.3 Å². The third-order valence-corrected chi connectivity index (χ3v) is 9.16. The van der Waals surface area contributed by atoms with Gasteiger partial charge in [-0.2, -0.15) is 8.75 Å². The Bertz CT molecular complexity index is 2280. The molecule has 0 saturated heterocycles. The number of nitrogens with zero attached hydrogens (tertiary/aromatic N) is 2. The molecular weight excluding hydrogens is 602 g/mol. The normalized spacial score (nSPS) is 11.6. The van der Waals surface area contributed by atoms with Crippen molar-refractivity contribution in [3.8, 4) is 44.5 Å². The highest BCUT2D eigenvalue weighted by Gasteiger charge is 2.19. The van der Waals surface area contributed by atoms with E-state index in [9.17, 15) is 0 Å².